The van der Waals surface area contributed by atoms with Gasteiger partial charge in [0.15, 0.2) is 0 Å². The first-order valence-corrected chi connectivity index (χ1v) is 4.83. The summed E-state index contributed by atoms with van der Waals surface area (Å²) >= 11 is 0. The lowest BCUT2D eigenvalue weighted by molar-refractivity contribution is -0.132. The van der Waals surface area contributed by atoms with Gasteiger partial charge in [0.1, 0.15) is 0 Å². The van der Waals surface area contributed by atoms with Crippen LogP contribution in [0.3, 0.4) is 0 Å². The van der Waals surface area contributed by atoms with Gasteiger partial charge in [-0.15, -0.1) is 0 Å². The molecular weight excluding hydrogens is 182 g/mol. The Balaban J connectivity index is 2.45. The van der Waals surface area contributed by atoms with Gasteiger partial charge in [-0.05, 0) is 0 Å². The van der Waals surface area contributed by atoms with E-state index < -0.39 is 0 Å². The molecular formula is C9H17N3O2. The molecule has 1 unspecified atom stereocenters. The van der Waals surface area contributed by atoms with Crippen LogP contribution < -0.4 is 10.6 Å². The van der Waals surface area contributed by atoms with Crippen LogP contribution in [0.2, 0.25) is 0 Å². The Labute approximate surface area is 83.8 Å². The highest BCUT2D eigenvalue weighted by Crippen LogP contribution is 2.02. The Kier molecular flexibility index (Phi) is 3.88. The second-order valence-corrected chi connectivity index (χ2v) is 3.51. The molecule has 0 aromatic carbocycles. The molecule has 1 atom stereocenters. The van der Waals surface area contributed by atoms with Gasteiger partial charge in [0.2, 0.25) is 11.8 Å². The van der Waals surface area contributed by atoms with Crippen LogP contribution in [0.25, 0.3) is 0 Å². The summed E-state index contributed by atoms with van der Waals surface area (Å²) in [7, 11) is 0. The van der Waals surface area contributed by atoms with Crippen molar-refractivity contribution in [1.82, 2.24) is 15.5 Å². The Morgan fingerprint density at radius 1 is 1.50 bits per heavy atom. The van der Waals surface area contributed by atoms with Gasteiger partial charge in [-0.1, -0.05) is 0 Å². The molecule has 0 bridgehead atoms. The number of piperazine rings is 1. The van der Waals surface area contributed by atoms with Crippen LogP contribution >= 0.6 is 0 Å². The first-order chi connectivity index (χ1) is 6.61. The van der Waals surface area contributed by atoms with Gasteiger partial charge in [0, 0.05) is 40.0 Å². The maximum Gasteiger partial charge on any atom is 0.219 e. The predicted octanol–water partition coefficient (Wildman–Crippen LogP) is -1.06. The Morgan fingerprint density at radius 2 is 2.21 bits per heavy atom. The van der Waals surface area contributed by atoms with E-state index in [4.69, 9.17) is 0 Å². The van der Waals surface area contributed by atoms with E-state index in [1.165, 1.54) is 6.92 Å². The van der Waals surface area contributed by atoms with Crippen molar-refractivity contribution in [2.45, 2.75) is 19.9 Å². The molecule has 0 aromatic heterocycles. The van der Waals surface area contributed by atoms with E-state index in [0.29, 0.717) is 6.54 Å². The Morgan fingerprint density at radius 3 is 2.79 bits per heavy atom. The summed E-state index contributed by atoms with van der Waals surface area (Å²) in [6.07, 6.45) is 0. The number of carbonyl (C=O) groups is 2. The minimum absolute atomic E-state index is 0.0564. The number of amides is 2. The van der Waals surface area contributed by atoms with E-state index in [1.807, 2.05) is 0 Å². The van der Waals surface area contributed by atoms with E-state index in [1.54, 1.807) is 11.8 Å². The summed E-state index contributed by atoms with van der Waals surface area (Å²) in [6, 6.07) is 0.0881. The summed E-state index contributed by atoms with van der Waals surface area (Å²) in [5, 5.41) is 5.93. The maximum atomic E-state index is 11.2. The molecule has 0 spiro atoms. The fraction of sp³-hybridized carbons (Fsp3) is 0.778. The quantitative estimate of drug-likeness (QED) is 0.596. The topological polar surface area (TPSA) is 61.4 Å². The predicted molar refractivity (Wildman–Crippen MR) is 52.7 cm³/mol. The molecule has 14 heavy (non-hydrogen) atoms. The van der Waals surface area contributed by atoms with Crippen LogP contribution in [0.5, 0.6) is 0 Å². The molecule has 1 aliphatic heterocycles. The molecule has 1 aliphatic rings. The number of nitrogens with one attached hydrogen (secondary N) is 2. The lowest BCUT2D eigenvalue weighted by atomic mass is 10.2. The number of nitrogens with zero attached hydrogens (tertiary/aromatic N) is 1. The average molecular weight is 199 g/mol. The summed E-state index contributed by atoms with van der Waals surface area (Å²) < 4.78 is 0. The van der Waals surface area contributed by atoms with Crippen molar-refractivity contribution in [2.75, 3.05) is 26.2 Å². The van der Waals surface area contributed by atoms with Crippen LogP contribution in [-0.4, -0.2) is 48.9 Å². The fourth-order valence-electron chi connectivity index (χ4n) is 1.62. The van der Waals surface area contributed by atoms with Gasteiger partial charge in [-0.25, -0.2) is 0 Å². The van der Waals surface area contributed by atoms with Crippen LogP contribution in [0, 0.1) is 0 Å². The Hall–Kier alpha value is -1.10. The summed E-state index contributed by atoms with van der Waals surface area (Å²) in [4.78, 5) is 23.8. The van der Waals surface area contributed by atoms with Crippen molar-refractivity contribution in [3.63, 3.8) is 0 Å². The van der Waals surface area contributed by atoms with Gasteiger partial charge in [0.05, 0.1) is 6.04 Å². The van der Waals surface area contributed by atoms with Crippen LogP contribution in [0.4, 0.5) is 0 Å². The zero-order chi connectivity index (χ0) is 10.6. The summed E-state index contributed by atoms with van der Waals surface area (Å²) in [5.74, 6) is 0.0147. The minimum atomic E-state index is -0.0564. The molecule has 0 saturated carbocycles. The first kappa shape index (κ1) is 11.0. The van der Waals surface area contributed by atoms with Gasteiger partial charge >= 0.3 is 0 Å². The van der Waals surface area contributed by atoms with Gasteiger partial charge in [-0.3, -0.25) is 9.59 Å². The molecule has 0 radical (unpaired) electrons. The molecule has 0 aromatic rings. The molecule has 0 aliphatic carbocycles. The molecule has 1 rings (SSSR count). The second-order valence-electron chi connectivity index (χ2n) is 3.51. The zero-order valence-corrected chi connectivity index (χ0v) is 8.67. The highest BCUT2D eigenvalue weighted by Gasteiger charge is 2.23. The van der Waals surface area contributed by atoms with Crippen LogP contribution in [0.1, 0.15) is 13.8 Å². The monoisotopic (exact) mass is 199 g/mol. The van der Waals surface area contributed by atoms with Crippen molar-refractivity contribution in [3.8, 4) is 0 Å². The van der Waals surface area contributed by atoms with Crippen LogP contribution in [-0.2, 0) is 9.59 Å². The number of hydrogen-bond acceptors (Lipinski definition) is 3. The second kappa shape index (κ2) is 4.95. The van der Waals surface area contributed by atoms with Gasteiger partial charge in [-0.2, -0.15) is 0 Å². The van der Waals surface area contributed by atoms with E-state index in [9.17, 15) is 9.59 Å². The highest BCUT2D eigenvalue weighted by molar-refractivity contribution is 5.74. The number of hydrogen-bond donors (Lipinski definition) is 2. The van der Waals surface area contributed by atoms with E-state index in [-0.39, 0.29) is 17.9 Å². The summed E-state index contributed by atoms with van der Waals surface area (Å²) in [6.45, 7) is 5.87. The standard InChI is InChI=1S/C9H17N3O2/c1-7(13)11-6-9-5-10-3-4-12(9)8(2)14/h9-10H,3-6H2,1-2H3,(H,11,13). The number of rotatable bonds is 2. The van der Waals surface area contributed by atoms with Crippen molar-refractivity contribution in [1.29, 1.82) is 0 Å². The third-order valence-corrected chi connectivity index (χ3v) is 2.34. The van der Waals surface area contributed by atoms with E-state index in [0.717, 1.165) is 19.6 Å². The van der Waals surface area contributed by atoms with Crippen molar-refractivity contribution >= 4 is 11.8 Å². The van der Waals surface area contributed by atoms with Crippen molar-refractivity contribution in [2.24, 2.45) is 0 Å². The van der Waals surface area contributed by atoms with Crippen LogP contribution in [0.15, 0.2) is 0 Å². The number of carbonyl (C=O) groups excluding carboxylic acids is 2. The molecule has 80 valence electrons. The fourth-order valence-corrected chi connectivity index (χ4v) is 1.62. The molecule has 5 nitrogen and oxygen atoms in total. The SMILES string of the molecule is CC(=O)NCC1CNCCN1C(C)=O. The molecule has 1 heterocycles. The smallest absolute Gasteiger partial charge is 0.219 e. The van der Waals surface area contributed by atoms with Crippen molar-refractivity contribution < 1.29 is 9.59 Å². The molecule has 5 heteroatoms. The molecule has 1 fully saturated rings. The first-order valence-electron chi connectivity index (χ1n) is 4.83. The maximum absolute atomic E-state index is 11.2. The average Bonchev–Trinajstić information content (AvgIpc) is 2.15. The minimum Gasteiger partial charge on any atom is -0.354 e. The van der Waals surface area contributed by atoms with Gasteiger partial charge in [0.25, 0.3) is 0 Å². The summed E-state index contributed by atoms with van der Waals surface area (Å²) in [5.41, 5.74) is 0. The van der Waals surface area contributed by atoms with E-state index >= 15 is 0 Å². The van der Waals surface area contributed by atoms with Crippen molar-refractivity contribution in [3.05, 3.63) is 0 Å². The third kappa shape index (κ3) is 2.99. The lowest BCUT2D eigenvalue weighted by Gasteiger charge is -2.35. The lowest BCUT2D eigenvalue weighted by Crippen LogP contribution is -2.56. The third-order valence-electron chi connectivity index (χ3n) is 2.34. The zero-order valence-electron chi connectivity index (χ0n) is 8.67. The largest absolute Gasteiger partial charge is 0.354 e. The molecule has 2 amide bonds. The molecule has 2 N–H and O–H groups in total. The Bertz CT molecular complexity index is 230. The van der Waals surface area contributed by atoms with Gasteiger partial charge < -0.3 is 15.5 Å². The molecule has 1 saturated heterocycles. The highest BCUT2D eigenvalue weighted by atomic mass is 16.2. The normalized spacial score (nSPS) is 21.9. The van der Waals surface area contributed by atoms with E-state index in [2.05, 4.69) is 10.6 Å².